The summed E-state index contributed by atoms with van der Waals surface area (Å²) in [4.78, 5) is 42.3. The SMILES string of the molecule is C=CCn1c(=NC(=O)CS(=O)(=O)CC(=O)N2CCCCC2)sc2cc(C(=O)OC)ccc21. The Hall–Kier alpha value is -2.79. The number of hydrogen-bond acceptors (Lipinski definition) is 7. The van der Waals surface area contributed by atoms with Gasteiger partial charge in [0.1, 0.15) is 11.5 Å². The number of fused-ring (bicyclic) bond motifs is 1. The van der Waals surface area contributed by atoms with Gasteiger partial charge in [0.15, 0.2) is 14.6 Å². The molecule has 0 radical (unpaired) electrons. The number of carbonyl (C=O) groups is 3. The molecule has 1 aromatic heterocycles. The molecule has 11 heteroatoms. The van der Waals surface area contributed by atoms with Crippen molar-refractivity contribution in [2.45, 2.75) is 25.8 Å². The molecule has 0 unspecified atom stereocenters. The minimum Gasteiger partial charge on any atom is -0.465 e. The zero-order valence-corrected chi connectivity index (χ0v) is 19.4. The molecule has 0 spiro atoms. The number of methoxy groups -OCH3 is 1. The lowest BCUT2D eigenvalue weighted by Gasteiger charge is -2.26. The van der Waals surface area contributed by atoms with Gasteiger partial charge in [0, 0.05) is 19.6 Å². The average Bonchev–Trinajstić information content (AvgIpc) is 3.09. The molecule has 9 nitrogen and oxygen atoms in total. The second-order valence-electron chi connectivity index (χ2n) is 7.44. The van der Waals surface area contributed by atoms with Crippen molar-refractivity contribution in [3.63, 3.8) is 0 Å². The van der Waals surface area contributed by atoms with Crippen LogP contribution in [-0.4, -0.2) is 67.4 Å². The molecule has 2 aromatic rings. The number of carbonyl (C=O) groups excluding carboxylic acids is 3. The Labute approximate surface area is 189 Å². The van der Waals surface area contributed by atoms with Gasteiger partial charge in [0.25, 0.3) is 5.91 Å². The van der Waals surface area contributed by atoms with E-state index in [0.717, 1.165) is 36.1 Å². The third-order valence-electron chi connectivity index (χ3n) is 5.03. The molecule has 0 N–H and O–H groups in total. The van der Waals surface area contributed by atoms with Crippen LogP contribution in [0, 0.1) is 0 Å². The smallest absolute Gasteiger partial charge is 0.337 e. The molecule has 0 saturated carbocycles. The molecule has 1 saturated heterocycles. The second-order valence-corrected chi connectivity index (χ2v) is 10.5. The van der Waals surface area contributed by atoms with Gasteiger partial charge in [0.05, 0.1) is 22.9 Å². The summed E-state index contributed by atoms with van der Waals surface area (Å²) in [7, 11) is -2.66. The van der Waals surface area contributed by atoms with Crippen LogP contribution in [0.4, 0.5) is 0 Å². The highest BCUT2D eigenvalue weighted by Crippen LogP contribution is 2.20. The lowest BCUT2D eigenvalue weighted by atomic mass is 10.1. The van der Waals surface area contributed by atoms with Crippen molar-refractivity contribution in [3.05, 3.63) is 41.2 Å². The van der Waals surface area contributed by atoms with Crippen LogP contribution >= 0.6 is 11.3 Å². The molecule has 1 aliphatic rings. The van der Waals surface area contributed by atoms with Gasteiger partial charge in [-0.25, -0.2) is 13.2 Å². The van der Waals surface area contributed by atoms with Gasteiger partial charge in [-0.15, -0.1) is 6.58 Å². The number of likely N-dealkylation sites (tertiary alicyclic amines) is 1. The molecule has 1 aliphatic heterocycles. The number of aromatic nitrogens is 1. The molecule has 0 atom stereocenters. The topological polar surface area (TPSA) is 115 Å². The standard InChI is InChI=1S/C21H25N3O6S2/c1-3-9-24-16-8-7-15(20(27)30-2)12-17(16)31-21(24)22-18(25)13-32(28,29)14-19(26)23-10-5-4-6-11-23/h3,7-8,12H,1,4-6,9-11,13-14H2,2H3. The largest absolute Gasteiger partial charge is 0.465 e. The highest BCUT2D eigenvalue weighted by molar-refractivity contribution is 7.92. The van der Waals surface area contributed by atoms with Gasteiger partial charge >= 0.3 is 5.97 Å². The van der Waals surface area contributed by atoms with Crippen LogP contribution in [0.2, 0.25) is 0 Å². The van der Waals surface area contributed by atoms with Crippen molar-refractivity contribution < 1.29 is 27.5 Å². The summed E-state index contributed by atoms with van der Waals surface area (Å²) in [5, 5.41) is 0. The fourth-order valence-corrected chi connectivity index (χ4v) is 5.71. The van der Waals surface area contributed by atoms with E-state index >= 15 is 0 Å². The van der Waals surface area contributed by atoms with Gasteiger partial charge in [-0.3, -0.25) is 9.59 Å². The van der Waals surface area contributed by atoms with E-state index in [4.69, 9.17) is 4.74 Å². The van der Waals surface area contributed by atoms with Crippen molar-refractivity contribution >= 4 is 49.2 Å². The van der Waals surface area contributed by atoms with Gasteiger partial charge in [-0.2, -0.15) is 4.99 Å². The number of allylic oxidation sites excluding steroid dienone is 1. The lowest BCUT2D eigenvalue weighted by Crippen LogP contribution is -2.40. The predicted octanol–water partition coefficient (Wildman–Crippen LogP) is 1.53. The molecule has 2 heterocycles. The molecule has 2 amide bonds. The number of piperidine rings is 1. The quantitative estimate of drug-likeness (QED) is 0.439. The average molecular weight is 480 g/mol. The third kappa shape index (κ3) is 5.71. The predicted molar refractivity (Wildman–Crippen MR) is 121 cm³/mol. The number of benzene rings is 1. The Bertz CT molecular complexity index is 1220. The van der Waals surface area contributed by atoms with Crippen LogP contribution < -0.4 is 4.80 Å². The summed E-state index contributed by atoms with van der Waals surface area (Å²) in [6.45, 7) is 5.13. The summed E-state index contributed by atoms with van der Waals surface area (Å²) in [6, 6.07) is 4.94. The van der Waals surface area contributed by atoms with Crippen molar-refractivity contribution in [2.75, 3.05) is 31.7 Å². The van der Waals surface area contributed by atoms with Crippen molar-refractivity contribution in [1.82, 2.24) is 9.47 Å². The monoisotopic (exact) mass is 479 g/mol. The van der Waals surface area contributed by atoms with E-state index in [2.05, 4.69) is 11.6 Å². The zero-order chi connectivity index (χ0) is 23.3. The minimum absolute atomic E-state index is 0.282. The first-order valence-corrected chi connectivity index (χ1v) is 12.8. The maximum atomic E-state index is 12.5. The minimum atomic E-state index is -3.95. The molecular formula is C21H25N3O6S2. The van der Waals surface area contributed by atoms with E-state index in [-0.39, 0.29) is 4.80 Å². The van der Waals surface area contributed by atoms with Crippen LogP contribution in [0.15, 0.2) is 35.8 Å². The number of sulfone groups is 1. The summed E-state index contributed by atoms with van der Waals surface area (Å²) >= 11 is 1.15. The Balaban J connectivity index is 1.84. The fourth-order valence-electron chi connectivity index (χ4n) is 3.51. The lowest BCUT2D eigenvalue weighted by molar-refractivity contribution is -0.129. The van der Waals surface area contributed by atoms with E-state index in [1.165, 1.54) is 12.0 Å². The number of ether oxygens (including phenoxy) is 1. The van der Waals surface area contributed by atoms with E-state index in [1.54, 1.807) is 28.8 Å². The molecule has 32 heavy (non-hydrogen) atoms. The highest BCUT2D eigenvalue weighted by Gasteiger charge is 2.25. The molecule has 0 bridgehead atoms. The van der Waals surface area contributed by atoms with Crippen LogP contribution in [0.25, 0.3) is 10.2 Å². The number of hydrogen-bond donors (Lipinski definition) is 0. The van der Waals surface area contributed by atoms with Crippen LogP contribution in [-0.2, 0) is 30.7 Å². The van der Waals surface area contributed by atoms with Crippen molar-refractivity contribution in [1.29, 1.82) is 0 Å². The summed E-state index contributed by atoms with van der Waals surface area (Å²) in [6.07, 6.45) is 4.35. The summed E-state index contributed by atoms with van der Waals surface area (Å²) < 4.78 is 32.0. The van der Waals surface area contributed by atoms with Gasteiger partial charge in [-0.1, -0.05) is 17.4 Å². The maximum Gasteiger partial charge on any atom is 0.337 e. The number of thiazole rings is 1. The van der Waals surface area contributed by atoms with E-state index in [1.807, 2.05) is 0 Å². The fraction of sp³-hybridized carbons (Fsp3) is 0.429. The maximum absolute atomic E-state index is 12.5. The van der Waals surface area contributed by atoms with E-state index in [0.29, 0.717) is 29.9 Å². The van der Waals surface area contributed by atoms with E-state index < -0.39 is 39.1 Å². The van der Waals surface area contributed by atoms with Gasteiger partial charge in [-0.05, 0) is 37.5 Å². The highest BCUT2D eigenvalue weighted by atomic mass is 32.2. The molecule has 1 fully saturated rings. The molecular weight excluding hydrogens is 454 g/mol. The molecule has 3 rings (SSSR count). The van der Waals surface area contributed by atoms with Crippen molar-refractivity contribution in [2.24, 2.45) is 4.99 Å². The summed E-state index contributed by atoms with van der Waals surface area (Å²) in [5.74, 6) is -3.36. The van der Waals surface area contributed by atoms with Gasteiger partial charge in [0.2, 0.25) is 5.91 Å². The Morgan fingerprint density at radius 2 is 1.91 bits per heavy atom. The number of amides is 2. The zero-order valence-electron chi connectivity index (χ0n) is 17.8. The Morgan fingerprint density at radius 3 is 2.56 bits per heavy atom. The number of nitrogens with zero attached hydrogens (tertiary/aromatic N) is 3. The van der Waals surface area contributed by atoms with Gasteiger partial charge < -0.3 is 14.2 Å². The first-order chi connectivity index (χ1) is 15.2. The number of esters is 1. The van der Waals surface area contributed by atoms with Crippen molar-refractivity contribution in [3.8, 4) is 0 Å². The Kier molecular flexibility index (Phi) is 7.62. The molecule has 1 aromatic carbocycles. The normalized spacial score (nSPS) is 15.0. The second kappa shape index (κ2) is 10.2. The summed E-state index contributed by atoms with van der Waals surface area (Å²) in [5.41, 5.74) is 1.07. The van der Waals surface area contributed by atoms with Crippen LogP contribution in [0.1, 0.15) is 29.6 Å². The molecule has 0 aliphatic carbocycles. The van der Waals surface area contributed by atoms with Crippen LogP contribution in [0.3, 0.4) is 0 Å². The first-order valence-electron chi connectivity index (χ1n) is 10.1. The Morgan fingerprint density at radius 1 is 1.19 bits per heavy atom. The van der Waals surface area contributed by atoms with Crippen LogP contribution in [0.5, 0.6) is 0 Å². The first kappa shape index (κ1) is 23.9. The third-order valence-corrected chi connectivity index (χ3v) is 7.45. The molecule has 172 valence electrons. The van der Waals surface area contributed by atoms with E-state index in [9.17, 15) is 22.8 Å². The number of rotatable bonds is 7.